The first kappa shape index (κ1) is 9.45. The second kappa shape index (κ2) is 4.41. The van der Waals surface area contributed by atoms with Crippen molar-refractivity contribution >= 4 is 6.01 Å². The van der Waals surface area contributed by atoms with Gasteiger partial charge >= 0.3 is 6.01 Å². The van der Waals surface area contributed by atoms with Gasteiger partial charge in [-0.05, 0) is 12.8 Å². The molecule has 1 saturated carbocycles. The van der Waals surface area contributed by atoms with Gasteiger partial charge in [-0.2, -0.15) is 0 Å². The standard InChI is InChI=1S/C9H16N4O/c10-6-5-8-12-13-9(14-8)11-7-3-1-2-4-7/h7H,1-6,10H2,(H,11,13). The van der Waals surface area contributed by atoms with E-state index in [1.54, 1.807) is 0 Å². The van der Waals surface area contributed by atoms with E-state index in [1.165, 1.54) is 25.7 Å². The molecule has 1 aromatic heterocycles. The van der Waals surface area contributed by atoms with E-state index < -0.39 is 0 Å². The molecule has 0 bridgehead atoms. The average Bonchev–Trinajstić information content (AvgIpc) is 2.79. The summed E-state index contributed by atoms with van der Waals surface area (Å²) in [6.07, 6.45) is 5.64. The zero-order valence-corrected chi connectivity index (χ0v) is 8.20. The van der Waals surface area contributed by atoms with Gasteiger partial charge in [0.1, 0.15) is 0 Å². The van der Waals surface area contributed by atoms with E-state index in [9.17, 15) is 0 Å². The molecule has 3 N–H and O–H groups in total. The smallest absolute Gasteiger partial charge is 0.315 e. The molecular weight excluding hydrogens is 180 g/mol. The zero-order valence-electron chi connectivity index (χ0n) is 8.20. The summed E-state index contributed by atoms with van der Waals surface area (Å²) in [6, 6.07) is 1.06. The molecule has 0 radical (unpaired) electrons. The lowest BCUT2D eigenvalue weighted by Crippen LogP contribution is -2.14. The molecule has 0 spiro atoms. The number of nitrogens with one attached hydrogen (secondary N) is 1. The van der Waals surface area contributed by atoms with Crippen LogP contribution in [0.1, 0.15) is 31.6 Å². The number of hydrogen-bond acceptors (Lipinski definition) is 5. The Bertz CT molecular complexity index is 280. The van der Waals surface area contributed by atoms with Gasteiger partial charge in [-0.3, -0.25) is 0 Å². The third-order valence-corrected chi connectivity index (χ3v) is 2.51. The Morgan fingerprint density at radius 3 is 2.86 bits per heavy atom. The molecule has 0 unspecified atom stereocenters. The van der Waals surface area contributed by atoms with Crippen LogP contribution in [0.4, 0.5) is 6.01 Å². The second-order valence-corrected chi connectivity index (χ2v) is 3.67. The summed E-state index contributed by atoms with van der Waals surface area (Å²) in [5.74, 6) is 0.619. The van der Waals surface area contributed by atoms with Crippen molar-refractivity contribution in [2.75, 3.05) is 11.9 Å². The molecule has 0 aromatic carbocycles. The molecule has 0 atom stereocenters. The normalized spacial score (nSPS) is 17.5. The van der Waals surface area contributed by atoms with Crippen molar-refractivity contribution in [2.45, 2.75) is 38.1 Å². The van der Waals surface area contributed by atoms with Crippen molar-refractivity contribution in [1.29, 1.82) is 0 Å². The summed E-state index contributed by atoms with van der Waals surface area (Å²) in [5.41, 5.74) is 5.39. The fourth-order valence-corrected chi connectivity index (χ4v) is 1.78. The molecule has 1 aromatic rings. The second-order valence-electron chi connectivity index (χ2n) is 3.67. The Morgan fingerprint density at radius 2 is 2.14 bits per heavy atom. The first-order valence-electron chi connectivity index (χ1n) is 5.17. The van der Waals surface area contributed by atoms with Crippen LogP contribution in [0.15, 0.2) is 4.42 Å². The molecule has 5 nitrogen and oxygen atoms in total. The maximum absolute atomic E-state index is 5.39. The number of aromatic nitrogens is 2. The largest absolute Gasteiger partial charge is 0.408 e. The van der Waals surface area contributed by atoms with E-state index in [2.05, 4.69) is 15.5 Å². The van der Waals surface area contributed by atoms with E-state index in [4.69, 9.17) is 10.2 Å². The molecule has 78 valence electrons. The quantitative estimate of drug-likeness (QED) is 0.749. The van der Waals surface area contributed by atoms with Crippen LogP contribution < -0.4 is 11.1 Å². The molecule has 1 aliphatic carbocycles. The molecule has 0 aliphatic heterocycles. The molecule has 1 heterocycles. The minimum atomic E-state index is 0.515. The van der Waals surface area contributed by atoms with Gasteiger partial charge in [0, 0.05) is 19.0 Å². The Balaban J connectivity index is 1.88. The van der Waals surface area contributed by atoms with Crippen LogP contribution in [0.3, 0.4) is 0 Å². The predicted octanol–water partition coefficient (Wildman–Crippen LogP) is 0.925. The zero-order chi connectivity index (χ0) is 9.80. The third kappa shape index (κ3) is 2.23. The summed E-state index contributed by atoms with van der Waals surface area (Å²) in [4.78, 5) is 0. The van der Waals surface area contributed by atoms with Crippen LogP contribution in [0, 0.1) is 0 Å². The predicted molar refractivity (Wildman–Crippen MR) is 52.9 cm³/mol. The van der Waals surface area contributed by atoms with Crippen LogP contribution in [-0.4, -0.2) is 22.8 Å². The fourth-order valence-electron chi connectivity index (χ4n) is 1.78. The van der Waals surface area contributed by atoms with Crippen molar-refractivity contribution in [3.63, 3.8) is 0 Å². The minimum absolute atomic E-state index is 0.515. The van der Waals surface area contributed by atoms with Crippen LogP contribution in [-0.2, 0) is 6.42 Å². The highest BCUT2D eigenvalue weighted by Crippen LogP contribution is 2.21. The average molecular weight is 196 g/mol. The van der Waals surface area contributed by atoms with Crippen LogP contribution >= 0.6 is 0 Å². The summed E-state index contributed by atoms with van der Waals surface area (Å²) in [6.45, 7) is 0.547. The van der Waals surface area contributed by atoms with E-state index in [0.29, 0.717) is 30.9 Å². The maximum atomic E-state index is 5.39. The van der Waals surface area contributed by atoms with E-state index in [-0.39, 0.29) is 0 Å². The molecular formula is C9H16N4O. The summed E-state index contributed by atoms with van der Waals surface area (Å²) < 4.78 is 5.37. The molecule has 1 fully saturated rings. The van der Waals surface area contributed by atoms with Crippen LogP contribution in [0.5, 0.6) is 0 Å². The molecule has 2 rings (SSSR count). The fraction of sp³-hybridized carbons (Fsp3) is 0.778. The van der Waals surface area contributed by atoms with Crippen molar-refractivity contribution in [3.05, 3.63) is 5.89 Å². The molecule has 1 aliphatic rings. The van der Waals surface area contributed by atoms with Gasteiger partial charge in [-0.25, -0.2) is 0 Å². The molecule has 0 amide bonds. The van der Waals surface area contributed by atoms with Crippen LogP contribution in [0.25, 0.3) is 0 Å². The summed E-state index contributed by atoms with van der Waals surface area (Å²) in [7, 11) is 0. The van der Waals surface area contributed by atoms with Gasteiger partial charge in [0.15, 0.2) is 0 Å². The summed E-state index contributed by atoms with van der Waals surface area (Å²) in [5, 5.41) is 11.0. The van der Waals surface area contributed by atoms with Gasteiger partial charge in [-0.1, -0.05) is 17.9 Å². The van der Waals surface area contributed by atoms with E-state index in [1.807, 2.05) is 0 Å². The number of nitrogens with zero attached hydrogens (tertiary/aromatic N) is 2. The Hall–Kier alpha value is -1.10. The minimum Gasteiger partial charge on any atom is -0.408 e. The van der Waals surface area contributed by atoms with Gasteiger partial charge in [0.05, 0.1) is 0 Å². The Labute approximate surface area is 83.1 Å². The summed E-state index contributed by atoms with van der Waals surface area (Å²) >= 11 is 0. The highest BCUT2D eigenvalue weighted by atomic mass is 16.4. The van der Waals surface area contributed by atoms with Gasteiger partial charge in [0.2, 0.25) is 5.89 Å². The molecule has 5 heteroatoms. The molecule has 0 saturated heterocycles. The van der Waals surface area contributed by atoms with Crippen molar-refractivity contribution in [3.8, 4) is 0 Å². The van der Waals surface area contributed by atoms with Crippen molar-refractivity contribution in [1.82, 2.24) is 10.2 Å². The Morgan fingerprint density at radius 1 is 1.36 bits per heavy atom. The SMILES string of the molecule is NCCc1nnc(NC2CCCC2)o1. The van der Waals surface area contributed by atoms with Crippen molar-refractivity contribution in [2.24, 2.45) is 5.73 Å². The number of anilines is 1. The van der Waals surface area contributed by atoms with E-state index in [0.717, 1.165) is 0 Å². The topological polar surface area (TPSA) is 77.0 Å². The van der Waals surface area contributed by atoms with Crippen molar-refractivity contribution < 1.29 is 4.42 Å². The van der Waals surface area contributed by atoms with Gasteiger partial charge in [0.25, 0.3) is 0 Å². The highest BCUT2D eigenvalue weighted by molar-refractivity contribution is 5.19. The number of hydrogen-bond donors (Lipinski definition) is 2. The number of nitrogens with two attached hydrogens (primary N) is 1. The van der Waals surface area contributed by atoms with E-state index >= 15 is 0 Å². The first-order chi connectivity index (χ1) is 6.88. The monoisotopic (exact) mass is 196 g/mol. The number of rotatable bonds is 4. The lowest BCUT2D eigenvalue weighted by atomic mass is 10.3. The van der Waals surface area contributed by atoms with Crippen LogP contribution in [0.2, 0.25) is 0 Å². The van der Waals surface area contributed by atoms with Gasteiger partial charge in [-0.15, -0.1) is 5.10 Å². The van der Waals surface area contributed by atoms with Gasteiger partial charge < -0.3 is 15.5 Å². The highest BCUT2D eigenvalue weighted by Gasteiger charge is 2.16. The maximum Gasteiger partial charge on any atom is 0.315 e. The lowest BCUT2D eigenvalue weighted by molar-refractivity contribution is 0.499. The molecule has 14 heavy (non-hydrogen) atoms. The third-order valence-electron chi connectivity index (χ3n) is 2.51. The Kier molecular flexibility index (Phi) is 2.98. The first-order valence-corrected chi connectivity index (χ1v) is 5.17. The lowest BCUT2D eigenvalue weighted by Gasteiger charge is -2.07.